The first-order chi connectivity index (χ1) is 20.5. The first-order valence-electron chi connectivity index (χ1n) is 12.9. The van der Waals surface area contributed by atoms with Crippen LogP contribution in [0.2, 0.25) is 5.02 Å². The maximum absolute atomic E-state index is 14.9. The number of halogens is 2. The van der Waals surface area contributed by atoms with E-state index >= 15 is 0 Å². The maximum Gasteiger partial charge on any atom is 0.335 e. The second-order valence-electron chi connectivity index (χ2n) is 9.41. The third kappa shape index (κ3) is 7.77. The van der Waals surface area contributed by atoms with E-state index in [4.69, 9.17) is 16.7 Å². The van der Waals surface area contributed by atoms with Gasteiger partial charge in [-0.1, -0.05) is 11.6 Å². The van der Waals surface area contributed by atoms with E-state index in [1.807, 2.05) is 0 Å². The molecular weight excluding hydrogens is 587 g/mol. The van der Waals surface area contributed by atoms with Crippen molar-refractivity contribution >= 4 is 53.0 Å². The van der Waals surface area contributed by atoms with Crippen LogP contribution in [-0.2, 0) is 19.2 Å². The Morgan fingerprint density at radius 1 is 1.05 bits per heavy atom. The maximum atomic E-state index is 14.9. The summed E-state index contributed by atoms with van der Waals surface area (Å²) in [5.41, 5.74) is 0.324. The highest BCUT2D eigenvalue weighted by molar-refractivity contribution is 6.31. The molecule has 1 saturated heterocycles. The zero-order valence-electron chi connectivity index (χ0n) is 22.7. The van der Waals surface area contributed by atoms with Gasteiger partial charge in [0.05, 0.1) is 22.7 Å². The Hall–Kier alpha value is -5.18. The van der Waals surface area contributed by atoms with Crippen molar-refractivity contribution in [1.29, 1.82) is 0 Å². The number of amides is 4. The van der Waals surface area contributed by atoms with Crippen LogP contribution in [0, 0.1) is 5.82 Å². The van der Waals surface area contributed by atoms with Crippen LogP contribution in [0.5, 0.6) is 0 Å². The number of anilines is 1. The molecule has 0 aliphatic carbocycles. The molecular formula is C27H26ClFN8O6. The number of piperazine rings is 1. The van der Waals surface area contributed by atoms with Crippen LogP contribution >= 0.6 is 11.6 Å². The monoisotopic (exact) mass is 612 g/mol. The number of hydrogen-bond donors (Lipinski definition) is 3. The van der Waals surface area contributed by atoms with Crippen molar-refractivity contribution in [3.8, 4) is 5.69 Å². The standard InChI is InChI=1S/C27H26ClFN8O6/c1-16(38)35-10-12-36(13-11-35)24(40)14-21(26(41)31-18-4-2-17(3-5-18)27(42)43)32-23(39)9-6-19-22(37-15-30-33-34-37)8-7-20(28)25(19)29/h2-9,15,21H,10-14H2,1H3,(H,31,41)(H,32,39)(H,42,43). The van der Waals surface area contributed by atoms with Crippen molar-refractivity contribution in [2.75, 3.05) is 31.5 Å². The van der Waals surface area contributed by atoms with Crippen LogP contribution in [-0.4, -0.2) is 96.9 Å². The number of benzene rings is 2. The van der Waals surface area contributed by atoms with E-state index in [1.165, 1.54) is 59.2 Å². The molecule has 3 aromatic rings. The van der Waals surface area contributed by atoms with Gasteiger partial charge in [0, 0.05) is 50.4 Å². The second kappa shape index (κ2) is 13.7. The van der Waals surface area contributed by atoms with Crippen molar-refractivity contribution in [2.24, 2.45) is 0 Å². The summed E-state index contributed by atoms with van der Waals surface area (Å²) in [6, 6.07) is 6.70. The molecule has 224 valence electrons. The van der Waals surface area contributed by atoms with Crippen molar-refractivity contribution in [3.63, 3.8) is 0 Å². The molecule has 4 rings (SSSR count). The van der Waals surface area contributed by atoms with Crippen molar-refractivity contribution in [3.05, 3.63) is 70.8 Å². The predicted molar refractivity (Wildman–Crippen MR) is 151 cm³/mol. The number of carboxylic acids is 1. The molecule has 0 radical (unpaired) electrons. The van der Waals surface area contributed by atoms with Crippen LogP contribution in [0.25, 0.3) is 11.8 Å². The minimum absolute atomic E-state index is 0.00200. The Bertz CT molecular complexity index is 1560. The van der Waals surface area contributed by atoms with E-state index in [1.54, 1.807) is 4.90 Å². The van der Waals surface area contributed by atoms with Gasteiger partial charge in [-0.25, -0.2) is 9.18 Å². The van der Waals surface area contributed by atoms with Gasteiger partial charge in [-0.3, -0.25) is 19.2 Å². The molecule has 16 heteroatoms. The molecule has 14 nitrogen and oxygen atoms in total. The number of nitrogens with one attached hydrogen (secondary N) is 2. The molecule has 1 aromatic heterocycles. The minimum atomic E-state index is -1.36. The molecule has 0 spiro atoms. The predicted octanol–water partition coefficient (Wildman–Crippen LogP) is 1.37. The van der Waals surface area contributed by atoms with Crippen LogP contribution in [0.3, 0.4) is 0 Å². The number of rotatable bonds is 9. The fourth-order valence-electron chi connectivity index (χ4n) is 4.27. The van der Waals surface area contributed by atoms with Crippen molar-refractivity contribution in [2.45, 2.75) is 19.4 Å². The minimum Gasteiger partial charge on any atom is -0.478 e. The summed E-state index contributed by atoms with van der Waals surface area (Å²) in [4.78, 5) is 65.1. The summed E-state index contributed by atoms with van der Waals surface area (Å²) in [6.07, 6.45) is 2.92. The Morgan fingerprint density at radius 3 is 2.33 bits per heavy atom. The fraction of sp³-hybridized carbons (Fsp3) is 0.259. The molecule has 0 saturated carbocycles. The number of aromatic nitrogens is 4. The first kappa shape index (κ1) is 30.8. The average molecular weight is 613 g/mol. The highest BCUT2D eigenvalue weighted by Crippen LogP contribution is 2.25. The van der Waals surface area contributed by atoms with E-state index in [0.717, 1.165) is 12.2 Å². The van der Waals surface area contributed by atoms with Gasteiger partial charge in [-0.05, 0) is 52.9 Å². The number of carbonyl (C=O) groups is 5. The van der Waals surface area contributed by atoms with E-state index in [0.29, 0.717) is 13.1 Å². The first-order valence-corrected chi connectivity index (χ1v) is 13.3. The van der Waals surface area contributed by atoms with Gasteiger partial charge in [0.1, 0.15) is 12.4 Å². The third-order valence-electron chi connectivity index (χ3n) is 6.60. The molecule has 3 N–H and O–H groups in total. The van der Waals surface area contributed by atoms with E-state index in [9.17, 15) is 28.4 Å². The Morgan fingerprint density at radius 2 is 1.72 bits per heavy atom. The molecule has 1 fully saturated rings. The molecule has 1 unspecified atom stereocenters. The number of tetrazole rings is 1. The zero-order chi connectivity index (χ0) is 31.1. The summed E-state index contributed by atoms with van der Waals surface area (Å²) in [6.45, 7) is 2.61. The van der Waals surface area contributed by atoms with Gasteiger partial charge in [0.25, 0.3) is 0 Å². The topological polar surface area (TPSA) is 180 Å². The number of nitrogens with zero attached hydrogens (tertiary/aromatic N) is 6. The molecule has 2 heterocycles. The number of carboxylic acid groups (broad SMARTS) is 1. The second-order valence-corrected chi connectivity index (χ2v) is 9.81. The number of aromatic carboxylic acids is 1. The average Bonchev–Trinajstić information content (AvgIpc) is 3.52. The van der Waals surface area contributed by atoms with Crippen molar-refractivity contribution < 1.29 is 33.5 Å². The largest absolute Gasteiger partial charge is 0.478 e. The molecule has 43 heavy (non-hydrogen) atoms. The molecule has 1 aliphatic heterocycles. The molecule has 0 bridgehead atoms. The van der Waals surface area contributed by atoms with E-state index < -0.39 is 42.0 Å². The van der Waals surface area contributed by atoms with Gasteiger partial charge in [0.2, 0.25) is 23.6 Å². The Labute approximate surface area is 249 Å². The Balaban J connectivity index is 1.52. The molecule has 4 amide bonds. The summed E-state index contributed by atoms with van der Waals surface area (Å²) < 4.78 is 16.1. The van der Waals surface area contributed by atoms with Crippen LogP contribution in [0.1, 0.15) is 29.3 Å². The van der Waals surface area contributed by atoms with Crippen molar-refractivity contribution in [1.82, 2.24) is 35.3 Å². The van der Waals surface area contributed by atoms with Crippen LogP contribution < -0.4 is 10.6 Å². The van der Waals surface area contributed by atoms with E-state index in [2.05, 4.69) is 26.2 Å². The lowest BCUT2D eigenvalue weighted by molar-refractivity contribution is -0.139. The van der Waals surface area contributed by atoms with Gasteiger partial charge >= 0.3 is 5.97 Å². The summed E-state index contributed by atoms with van der Waals surface area (Å²) in [7, 11) is 0. The zero-order valence-corrected chi connectivity index (χ0v) is 23.5. The quantitative estimate of drug-likeness (QED) is 0.301. The number of hydrogen-bond acceptors (Lipinski definition) is 8. The van der Waals surface area contributed by atoms with Gasteiger partial charge in [-0.15, -0.1) is 5.10 Å². The lowest BCUT2D eigenvalue weighted by Crippen LogP contribution is -2.52. The normalized spacial score (nSPS) is 13.9. The molecule has 1 atom stereocenters. The van der Waals surface area contributed by atoms with Gasteiger partial charge < -0.3 is 25.5 Å². The highest BCUT2D eigenvalue weighted by Gasteiger charge is 2.29. The van der Waals surface area contributed by atoms with Crippen LogP contribution in [0.4, 0.5) is 10.1 Å². The highest BCUT2D eigenvalue weighted by atomic mass is 35.5. The van der Waals surface area contributed by atoms with Gasteiger partial charge in [0.15, 0.2) is 5.82 Å². The third-order valence-corrected chi connectivity index (χ3v) is 6.89. The van der Waals surface area contributed by atoms with Gasteiger partial charge in [-0.2, -0.15) is 4.68 Å². The summed E-state index contributed by atoms with van der Waals surface area (Å²) in [5.74, 6) is -4.10. The molecule has 2 aromatic carbocycles. The fourth-order valence-corrected chi connectivity index (χ4v) is 4.44. The number of carbonyl (C=O) groups excluding carboxylic acids is 4. The van der Waals surface area contributed by atoms with Crippen LogP contribution in [0.15, 0.2) is 48.8 Å². The Kier molecular flexibility index (Phi) is 9.77. The lowest BCUT2D eigenvalue weighted by Gasteiger charge is -2.34. The molecule has 1 aliphatic rings. The summed E-state index contributed by atoms with van der Waals surface area (Å²) in [5, 5.41) is 24.7. The SMILES string of the molecule is CC(=O)N1CCN(C(=O)CC(NC(=O)C=Cc2c(-n3cnnn3)ccc(Cl)c2F)C(=O)Nc2ccc(C(=O)O)cc2)CC1. The smallest absolute Gasteiger partial charge is 0.335 e. The van der Waals surface area contributed by atoms with E-state index in [-0.39, 0.29) is 46.5 Å². The summed E-state index contributed by atoms with van der Waals surface area (Å²) >= 11 is 5.93. The lowest BCUT2D eigenvalue weighted by atomic mass is 10.1.